The average Bonchev–Trinajstić information content (AvgIpc) is 3.22. The van der Waals surface area contributed by atoms with Gasteiger partial charge in [0.15, 0.2) is 11.5 Å². The zero-order valence-corrected chi connectivity index (χ0v) is 16.9. The van der Waals surface area contributed by atoms with Gasteiger partial charge in [-0.05, 0) is 60.4 Å². The number of methoxy groups -OCH3 is 1. The molecule has 0 radical (unpaired) electrons. The molecule has 1 heterocycles. The van der Waals surface area contributed by atoms with Crippen LogP contribution >= 0.6 is 0 Å². The van der Waals surface area contributed by atoms with Crippen LogP contribution in [0.15, 0.2) is 60.7 Å². The first-order chi connectivity index (χ1) is 15.0. The third kappa shape index (κ3) is 4.77. The van der Waals surface area contributed by atoms with Crippen molar-refractivity contribution >= 4 is 5.91 Å². The quantitative estimate of drug-likeness (QED) is 0.614. The largest absolute Gasteiger partial charge is 0.497 e. The van der Waals surface area contributed by atoms with Gasteiger partial charge >= 0.3 is 0 Å². The Kier molecular flexibility index (Phi) is 6.02. The number of fused-ring (bicyclic) bond motifs is 1. The summed E-state index contributed by atoms with van der Waals surface area (Å²) in [5.74, 6) is -0.587. The van der Waals surface area contributed by atoms with E-state index in [0.717, 1.165) is 23.3 Å². The molecular weight excluding hydrogens is 404 g/mol. The molecule has 0 spiro atoms. The Labute approximate surface area is 178 Å². The number of rotatable bonds is 7. The van der Waals surface area contributed by atoms with E-state index >= 15 is 0 Å². The van der Waals surface area contributed by atoms with E-state index in [4.69, 9.17) is 14.2 Å². The van der Waals surface area contributed by atoms with E-state index in [9.17, 15) is 13.6 Å². The van der Waals surface area contributed by atoms with Crippen molar-refractivity contribution in [3.63, 3.8) is 0 Å². The highest BCUT2D eigenvalue weighted by molar-refractivity contribution is 5.95. The first kappa shape index (κ1) is 20.7. The highest BCUT2D eigenvalue weighted by Crippen LogP contribution is 2.33. The Hall–Kier alpha value is -3.61. The summed E-state index contributed by atoms with van der Waals surface area (Å²) in [5, 5.41) is 2.79. The highest BCUT2D eigenvalue weighted by Gasteiger charge is 2.22. The number of benzene rings is 3. The molecule has 0 saturated carbocycles. The molecule has 1 aliphatic rings. The van der Waals surface area contributed by atoms with E-state index in [1.165, 1.54) is 6.07 Å². The fourth-order valence-corrected chi connectivity index (χ4v) is 3.55. The van der Waals surface area contributed by atoms with Gasteiger partial charge in [-0.2, -0.15) is 0 Å². The van der Waals surface area contributed by atoms with Gasteiger partial charge in [0.25, 0.3) is 5.91 Å². The monoisotopic (exact) mass is 425 g/mol. The van der Waals surface area contributed by atoms with Crippen LogP contribution in [0.2, 0.25) is 0 Å². The van der Waals surface area contributed by atoms with Crippen molar-refractivity contribution in [2.45, 2.75) is 18.9 Å². The molecule has 0 fully saturated rings. The Balaban J connectivity index is 1.57. The van der Waals surface area contributed by atoms with Crippen molar-refractivity contribution in [1.29, 1.82) is 0 Å². The molecule has 7 heteroatoms. The number of carbonyl (C=O) groups is 1. The van der Waals surface area contributed by atoms with E-state index < -0.39 is 29.1 Å². The zero-order valence-electron chi connectivity index (χ0n) is 16.9. The third-order valence-electron chi connectivity index (χ3n) is 5.09. The average molecular weight is 425 g/mol. The van der Waals surface area contributed by atoms with Crippen molar-refractivity contribution in [3.05, 3.63) is 89.0 Å². The van der Waals surface area contributed by atoms with E-state index in [1.807, 2.05) is 36.4 Å². The molecule has 0 aliphatic carbocycles. The van der Waals surface area contributed by atoms with Gasteiger partial charge in [0.05, 0.1) is 7.11 Å². The van der Waals surface area contributed by atoms with Crippen molar-refractivity contribution in [2.75, 3.05) is 13.9 Å². The minimum Gasteiger partial charge on any atom is -0.497 e. The second-order valence-electron chi connectivity index (χ2n) is 7.21. The second kappa shape index (κ2) is 9.04. The van der Waals surface area contributed by atoms with Crippen LogP contribution in [0.3, 0.4) is 0 Å². The van der Waals surface area contributed by atoms with Crippen molar-refractivity contribution in [1.82, 2.24) is 5.32 Å². The summed E-state index contributed by atoms with van der Waals surface area (Å²) < 4.78 is 44.1. The number of hydrogen-bond donors (Lipinski definition) is 1. The summed E-state index contributed by atoms with van der Waals surface area (Å²) >= 11 is 0. The first-order valence-electron chi connectivity index (χ1n) is 9.80. The minimum atomic E-state index is -0.899. The lowest BCUT2D eigenvalue weighted by atomic mass is 9.98. The number of nitrogens with one attached hydrogen (secondary N) is 1. The second-order valence-corrected chi connectivity index (χ2v) is 7.21. The zero-order chi connectivity index (χ0) is 21.8. The molecule has 4 rings (SSSR count). The Bertz CT molecular complexity index is 1070. The molecule has 31 heavy (non-hydrogen) atoms. The smallest absolute Gasteiger partial charge is 0.257 e. The van der Waals surface area contributed by atoms with Crippen LogP contribution in [0.4, 0.5) is 8.78 Å². The summed E-state index contributed by atoms with van der Waals surface area (Å²) in [6.07, 6.45) is 0.894. The molecule has 3 aromatic rings. The standard InChI is InChI=1S/C24H21F2NO4/c1-29-18-8-5-15(6-9-18)11-17(12-16-7-10-21-22(13-16)31-14-30-21)27-24(28)23-19(25)3-2-4-20(23)26/h2-10,13,17H,11-12,14H2,1H3,(H,27,28). The maximum atomic E-state index is 14.1. The Morgan fingerprint density at radius 1 is 0.968 bits per heavy atom. The predicted octanol–water partition coefficient (Wildman–Crippen LogP) is 4.29. The lowest BCUT2D eigenvalue weighted by molar-refractivity contribution is 0.0928. The summed E-state index contributed by atoms with van der Waals surface area (Å²) in [7, 11) is 1.58. The van der Waals surface area contributed by atoms with Crippen molar-refractivity contribution < 1.29 is 27.8 Å². The molecule has 1 amide bonds. The normalized spacial score (nSPS) is 13.0. The van der Waals surface area contributed by atoms with Crippen LogP contribution in [-0.2, 0) is 12.8 Å². The van der Waals surface area contributed by atoms with Gasteiger partial charge in [-0.15, -0.1) is 0 Å². The van der Waals surface area contributed by atoms with Gasteiger partial charge in [-0.25, -0.2) is 8.78 Å². The molecule has 1 unspecified atom stereocenters. The van der Waals surface area contributed by atoms with Gasteiger partial charge in [-0.1, -0.05) is 24.3 Å². The summed E-state index contributed by atoms with van der Waals surface area (Å²) in [5.41, 5.74) is 1.26. The van der Waals surface area contributed by atoms with E-state index in [2.05, 4.69) is 5.32 Å². The molecule has 1 atom stereocenters. The maximum absolute atomic E-state index is 14.1. The number of halogens is 2. The van der Waals surface area contributed by atoms with Crippen LogP contribution in [0.25, 0.3) is 0 Å². The van der Waals surface area contributed by atoms with Crippen LogP contribution in [-0.4, -0.2) is 25.9 Å². The molecule has 0 bridgehead atoms. The van der Waals surface area contributed by atoms with Gasteiger partial charge < -0.3 is 19.5 Å². The minimum absolute atomic E-state index is 0.164. The highest BCUT2D eigenvalue weighted by atomic mass is 19.1. The van der Waals surface area contributed by atoms with Gasteiger partial charge in [0.1, 0.15) is 22.9 Å². The number of ether oxygens (including phenoxy) is 3. The lowest BCUT2D eigenvalue weighted by Gasteiger charge is -2.20. The molecule has 3 aromatic carbocycles. The molecule has 1 aliphatic heterocycles. The van der Waals surface area contributed by atoms with E-state index in [0.29, 0.717) is 30.1 Å². The lowest BCUT2D eigenvalue weighted by Crippen LogP contribution is -2.39. The molecule has 160 valence electrons. The molecule has 0 saturated heterocycles. The van der Waals surface area contributed by atoms with Crippen LogP contribution < -0.4 is 19.5 Å². The van der Waals surface area contributed by atoms with Crippen LogP contribution in [0, 0.1) is 11.6 Å². The summed E-state index contributed by atoms with van der Waals surface area (Å²) in [6.45, 7) is 0.164. The van der Waals surface area contributed by atoms with Crippen molar-refractivity contribution in [2.24, 2.45) is 0 Å². The predicted molar refractivity (Wildman–Crippen MR) is 111 cm³/mol. The number of carbonyl (C=O) groups excluding carboxylic acids is 1. The molecule has 5 nitrogen and oxygen atoms in total. The fourth-order valence-electron chi connectivity index (χ4n) is 3.55. The van der Waals surface area contributed by atoms with E-state index in [1.54, 1.807) is 13.2 Å². The molecular formula is C24H21F2NO4. The fraction of sp³-hybridized carbons (Fsp3) is 0.208. The van der Waals surface area contributed by atoms with E-state index in [-0.39, 0.29) is 6.79 Å². The number of amides is 1. The molecule has 1 N–H and O–H groups in total. The van der Waals surface area contributed by atoms with Crippen molar-refractivity contribution in [3.8, 4) is 17.2 Å². The van der Waals surface area contributed by atoms with Gasteiger partial charge in [0.2, 0.25) is 6.79 Å². The third-order valence-corrected chi connectivity index (χ3v) is 5.09. The first-order valence-corrected chi connectivity index (χ1v) is 9.80. The summed E-state index contributed by atoms with van der Waals surface area (Å²) in [4.78, 5) is 12.7. The van der Waals surface area contributed by atoms with Gasteiger partial charge in [-0.3, -0.25) is 4.79 Å². The summed E-state index contributed by atoms with van der Waals surface area (Å²) in [6, 6.07) is 15.9. The topological polar surface area (TPSA) is 56.8 Å². The van der Waals surface area contributed by atoms with Crippen LogP contribution in [0.5, 0.6) is 17.2 Å². The Morgan fingerprint density at radius 3 is 2.32 bits per heavy atom. The SMILES string of the molecule is COc1ccc(CC(Cc2ccc3c(c2)OCO3)NC(=O)c2c(F)cccc2F)cc1. The number of hydrogen-bond acceptors (Lipinski definition) is 4. The Morgan fingerprint density at radius 2 is 1.61 bits per heavy atom. The van der Waals surface area contributed by atoms with Gasteiger partial charge in [0, 0.05) is 6.04 Å². The molecule has 0 aromatic heterocycles. The maximum Gasteiger partial charge on any atom is 0.257 e. The van der Waals surface area contributed by atoms with Crippen LogP contribution in [0.1, 0.15) is 21.5 Å².